The fourth-order valence-corrected chi connectivity index (χ4v) is 3.11. The predicted molar refractivity (Wildman–Crippen MR) is 98.2 cm³/mol. The Kier molecular flexibility index (Phi) is 4.51. The molecule has 2 aromatic carbocycles. The summed E-state index contributed by atoms with van der Waals surface area (Å²) in [6, 6.07) is 11.0. The van der Waals surface area contributed by atoms with Crippen LogP contribution in [0.5, 0.6) is 5.75 Å². The van der Waals surface area contributed by atoms with Crippen molar-refractivity contribution >= 4 is 17.5 Å². The highest BCUT2D eigenvalue weighted by atomic mass is 16.6. The summed E-state index contributed by atoms with van der Waals surface area (Å²) in [6.07, 6.45) is 0. The van der Waals surface area contributed by atoms with Gasteiger partial charge in [0.1, 0.15) is 17.9 Å². The van der Waals surface area contributed by atoms with Crippen LogP contribution in [0, 0.1) is 10.1 Å². The van der Waals surface area contributed by atoms with E-state index in [0.29, 0.717) is 17.9 Å². The first-order valence-electron chi connectivity index (χ1n) is 8.69. The monoisotopic (exact) mass is 394 g/mol. The van der Waals surface area contributed by atoms with Crippen molar-refractivity contribution in [2.45, 2.75) is 13.5 Å². The highest BCUT2D eigenvalue weighted by Crippen LogP contribution is 2.32. The number of imide groups is 1. The molecule has 0 N–H and O–H groups in total. The normalized spacial score (nSPS) is 12.9. The average molecular weight is 394 g/mol. The highest BCUT2D eigenvalue weighted by molar-refractivity contribution is 6.23. The van der Waals surface area contributed by atoms with E-state index in [1.165, 1.54) is 18.2 Å². The third-order valence-corrected chi connectivity index (χ3v) is 4.36. The van der Waals surface area contributed by atoms with Crippen LogP contribution in [0.3, 0.4) is 0 Å². The number of nitrogens with zero attached hydrogens (tertiary/aromatic N) is 4. The standard InChI is InChI=1S/C19H14N4O6/c1-2-28-14-9-4-3-6-11(14)17-20-15(29-21-17)10-22-18(24)12-7-5-8-13(23(26)27)16(12)19(22)25/h3-9H,2,10H2,1H3. The van der Waals surface area contributed by atoms with Crippen LogP contribution in [-0.2, 0) is 6.54 Å². The maximum Gasteiger partial charge on any atom is 0.282 e. The van der Waals surface area contributed by atoms with Crippen molar-refractivity contribution in [1.29, 1.82) is 0 Å². The van der Waals surface area contributed by atoms with Crippen molar-refractivity contribution in [3.8, 4) is 17.1 Å². The lowest BCUT2D eigenvalue weighted by Crippen LogP contribution is -2.29. The molecule has 0 saturated heterocycles. The molecule has 0 spiro atoms. The van der Waals surface area contributed by atoms with E-state index in [2.05, 4.69) is 10.1 Å². The number of hydrogen-bond donors (Lipinski definition) is 0. The van der Waals surface area contributed by atoms with Gasteiger partial charge in [-0.3, -0.25) is 24.6 Å². The number of fused-ring (bicyclic) bond motifs is 1. The number of aromatic nitrogens is 2. The summed E-state index contributed by atoms with van der Waals surface area (Å²) < 4.78 is 10.7. The third kappa shape index (κ3) is 3.10. The van der Waals surface area contributed by atoms with Crippen LogP contribution >= 0.6 is 0 Å². The molecule has 1 aliphatic heterocycles. The quantitative estimate of drug-likeness (QED) is 0.354. The predicted octanol–water partition coefficient (Wildman–Crippen LogP) is 2.84. The van der Waals surface area contributed by atoms with Gasteiger partial charge in [0.2, 0.25) is 11.7 Å². The maximum absolute atomic E-state index is 12.6. The molecule has 10 nitrogen and oxygen atoms in total. The highest BCUT2D eigenvalue weighted by Gasteiger charge is 2.41. The van der Waals surface area contributed by atoms with E-state index in [1.54, 1.807) is 24.3 Å². The van der Waals surface area contributed by atoms with Gasteiger partial charge in [-0.15, -0.1) is 0 Å². The number of nitro groups is 1. The summed E-state index contributed by atoms with van der Waals surface area (Å²) in [7, 11) is 0. The van der Waals surface area contributed by atoms with Gasteiger partial charge in [0.05, 0.1) is 22.7 Å². The zero-order chi connectivity index (χ0) is 20.5. The maximum atomic E-state index is 12.6. The second-order valence-electron chi connectivity index (χ2n) is 6.09. The molecular formula is C19H14N4O6. The summed E-state index contributed by atoms with van der Waals surface area (Å²) in [5.74, 6) is -0.594. The first-order valence-corrected chi connectivity index (χ1v) is 8.69. The van der Waals surface area contributed by atoms with Gasteiger partial charge in [-0.1, -0.05) is 23.4 Å². The number of carbonyl (C=O) groups is 2. The minimum Gasteiger partial charge on any atom is -0.493 e. The molecule has 0 saturated carbocycles. The Hall–Kier alpha value is -4.08. The summed E-state index contributed by atoms with van der Waals surface area (Å²) in [5.41, 5.74) is -0.0721. The summed E-state index contributed by atoms with van der Waals surface area (Å²) >= 11 is 0. The number of hydrogen-bond acceptors (Lipinski definition) is 8. The molecular weight excluding hydrogens is 380 g/mol. The average Bonchev–Trinajstić information content (AvgIpc) is 3.28. The van der Waals surface area contributed by atoms with Gasteiger partial charge in [-0.2, -0.15) is 4.98 Å². The topological polar surface area (TPSA) is 129 Å². The van der Waals surface area contributed by atoms with E-state index in [0.717, 1.165) is 4.90 Å². The lowest BCUT2D eigenvalue weighted by atomic mass is 10.1. The molecule has 4 rings (SSSR count). The van der Waals surface area contributed by atoms with Gasteiger partial charge in [0.25, 0.3) is 17.5 Å². The zero-order valence-corrected chi connectivity index (χ0v) is 15.2. The minimum atomic E-state index is -0.772. The third-order valence-electron chi connectivity index (χ3n) is 4.36. The first kappa shape index (κ1) is 18.3. The molecule has 0 radical (unpaired) electrons. The van der Waals surface area contributed by atoms with Crippen LogP contribution in [0.2, 0.25) is 0 Å². The largest absolute Gasteiger partial charge is 0.493 e. The fourth-order valence-electron chi connectivity index (χ4n) is 3.11. The van der Waals surface area contributed by atoms with E-state index in [-0.39, 0.29) is 29.4 Å². The van der Waals surface area contributed by atoms with Crippen molar-refractivity contribution in [1.82, 2.24) is 15.0 Å². The van der Waals surface area contributed by atoms with E-state index in [9.17, 15) is 19.7 Å². The Balaban J connectivity index is 1.62. The van der Waals surface area contributed by atoms with Gasteiger partial charge in [0.15, 0.2) is 0 Å². The molecule has 0 unspecified atom stereocenters. The van der Waals surface area contributed by atoms with Gasteiger partial charge < -0.3 is 9.26 Å². The molecule has 146 valence electrons. The number of nitro benzene ring substituents is 1. The summed E-state index contributed by atoms with van der Waals surface area (Å²) in [6.45, 7) is 2.00. The van der Waals surface area contributed by atoms with Crippen LogP contribution in [0.25, 0.3) is 11.4 Å². The number of amides is 2. The molecule has 0 bridgehead atoms. The lowest BCUT2D eigenvalue weighted by molar-refractivity contribution is -0.385. The summed E-state index contributed by atoms with van der Waals surface area (Å²) in [5, 5.41) is 15.1. The first-order chi connectivity index (χ1) is 14.0. The van der Waals surface area contributed by atoms with E-state index in [1.807, 2.05) is 6.92 Å². The van der Waals surface area contributed by atoms with E-state index in [4.69, 9.17) is 9.26 Å². The Labute approximate surface area is 163 Å². The van der Waals surface area contributed by atoms with Crippen LogP contribution in [-0.4, -0.2) is 38.4 Å². The number of para-hydroxylation sites is 1. The number of benzene rings is 2. The number of rotatable bonds is 6. The van der Waals surface area contributed by atoms with Crippen molar-refractivity contribution in [3.63, 3.8) is 0 Å². The van der Waals surface area contributed by atoms with Crippen molar-refractivity contribution in [2.75, 3.05) is 6.61 Å². The molecule has 2 heterocycles. The van der Waals surface area contributed by atoms with Gasteiger partial charge in [-0.25, -0.2) is 0 Å². The number of carbonyl (C=O) groups excluding carboxylic acids is 2. The van der Waals surface area contributed by atoms with Crippen LogP contribution in [0.15, 0.2) is 47.0 Å². The SMILES string of the molecule is CCOc1ccccc1-c1noc(CN2C(=O)c3cccc([N+](=O)[O-])c3C2=O)n1. The zero-order valence-electron chi connectivity index (χ0n) is 15.2. The molecule has 10 heteroatoms. The molecule has 2 amide bonds. The number of ether oxygens (including phenoxy) is 1. The second-order valence-corrected chi connectivity index (χ2v) is 6.09. The van der Waals surface area contributed by atoms with E-state index >= 15 is 0 Å². The van der Waals surface area contributed by atoms with Crippen LogP contribution < -0.4 is 4.74 Å². The summed E-state index contributed by atoms with van der Waals surface area (Å²) in [4.78, 5) is 40.8. The van der Waals surface area contributed by atoms with Crippen molar-refractivity contribution in [3.05, 3.63) is 69.6 Å². The van der Waals surface area contributed by atoms with Crippen molar-refractivity contribution in [2.24, 2.45) is 0 Å². The Bertz CT molecular complexity index is 1140. The van der Waals surface area contributed by atoms with Gasteiger partial charge >= 0.3 is 0 Å². The molecule has 0 aliphatic carbocycles. The smallest absolute Gasteiger partial charge is 0.282 e. The Morgan fingerprint density at radius 1 is 1.10 bits per heavy atom. The van der Waals surface area contributed by atoms with Crippen molar-refractivity contribution < 1.29 is 23.8 Å². The van der Waals surface area contributed by atoms with Crippen LogP contribution in [0.4, 0.5) is 5.69 Å². The minimum absolute atomic E-state index is 0.0171. The molecule has 1 aliphatic rings. The molecule has 0 fully saturated rings. The lowest BCUT2D eigenvalue weighted by Gasteiger charge is -2.10. The Morgan fingerprint density at radius 2 is 1.86 bits per heavy atom. The van der Waals surface area contributed by atoms with Gasteiger partial charge in [0, 0.05) is 6.07 Å². The second kappa shape index (κ2) is 7.15. The van der Waals surface area contributed by atoms with E-state index < -0.39 is 22.4 Å². The molecule has 1 aromatic heterocycles. The molecule has 3 aromatic rings. The van der Waals surface area contributed by atoms with Gasteiger partial charge in [-0.05, 0) is 25.1 Å². The Morgan fingerprint density at radius 3 is 2.62 bits per heavy atom. The van der Waals surface area contributed by atoms with Crippen LogP contribution in [0.1, 0.15) is 33.5 Å². The fraction of sp³-hybridized carbons (Fsp3) is 0.158. The molecule has 0 atom stereocenters. The molecule has 29 heavy (non-hydrogen) atoms.